The van der Waals surface area contributed by atoms with Gasteiger partial charge in [0.1, 0.15) is 4.90 Å². The number of hydrogen-bond acceptors (Lipinski definition) is 7. The maximum absolute atomic E-state index is 12.2. The minimum atomic E-state index is -3.86. The highest BCUT2D eigenvalue weighted by Crippen LogP contribution is 2.25. The summed E-state index contributed by atoms with van der Waals surface area (Å²) in [4.78, 5) is 34.1. The second-order valence-electron chi connectivity index (χ2n) is 6.36. The minimum Gasteiger partial charge on any atom is -0.452 e. The van der Waals surface area contributed by atoms with Crippen LogP contribution in [0.3, 0.4) is 0 Å². The molecule has 0 bridgehead atoms. The third-order valence-electron chi connectivity index (χ3n) is 4.19. The molecule has 0 saturated heterocycles. The molecule has 10 heteroatoms. The lowest BCUT2D eigenvalue weighted by molar-refractivity contribution is -0.387. The van der Waals surface area contributed by atoms with Crippen molar-refractivity contribution in [3.63, 3.8) is 0 Å². The Hall–Kier alpha value is -3.79. The van der Waals surface area contributed by atoms with Gasteiger partial charge in [-0.2, -0.15) is 0 Å². The fraction of sp³-hybridized carbons (Fsp3) is 0.100. The van der Waals surface area contributed by atoms with E-state index in [9.17, 15) is 28.1 Å². The molecule has 0 aromatic heterocycles. The highest BCUT2D eigenvalue weighted by atomic mass is 32.2. The third-order valence-corrected chi connectivity index (χ3v) is 5.33. The molecule has 0 radical (unpaired) electrons. The van der Waals surface area contributed by atoms with Gasteiger partial charge in [-0.05, 0) is 23.6 Å². The van der Waals surface area contributed by atoms with Crippen LogP contribution in [0.2, 0.25) is 0 Å². The summed E-state index contributed by atoms with van der Waals surface area (Å²) in [6.45, 7) is -0.621. The number of nitro groups is 1. The van der Waals surface area contributed by atoms with Crippen LogP contribution in [-0.2, 0) is 19.4 Å². The first-order valence-electron chi connectivity index (χ1n) is 8.60. The van der Waals surface area contributed by atoms with Gasteiger partial charge in [0.15, 0.2) is 16.4 Å². The summed E-state index contributed by atoms with van der Waals surface area (Å²) in [5.74, 6) is -1.59. The number of nitrogens with zero attached hydrogens (tertiary/aromatic N) is 1. The zero-order valence-electron chi connectivity index (χ0n) is 15.7. The molecular weight excluding hydrogens is 412 g/mol. The summed E-state index contributed by atoms with van der Waals surface area (Å²) in [5, 5.41) is 15.5. The summed E-state index contributed by atoms with van der Waals surface area (Å²) >= 11 is 0. The van der Waals surface area contributed by atoms with Crippen LogP contribution >= 0.6 is 0 Å². The Labute approximate surface area is 171 Å². The van der Waals surface area contributed by atoms with Crippen molar-refractivity contribution in [2.24, 2.45) is 0 Å². The second-order valence-corrected chi connectivity index (χ2v) is 8.35. The van der Waals surface area contributed by atoms with E-state index in [1.807, 2.05) is 30.3 Å². The smallest absolute Gasteiger partial charge is 0.338 e. The van der Waals surface area contributed by atoms with Gasteiger partial charge < -0.3 is 10.1 Å². The maximum atomic E-state index is 12.2. The van der Waals surface area contributed by atoms with Crippen molar-refractivity contribution in [2.75, 3.05) is 18.2 Å². The predicted octanol–water partition coefficient (Wildman–Crippen LogP) is 2.95. The van der Waals surface area contributed by atoms with Crippen molar-refractivity contribution in [3.8, 4) is 0 Å². The number of nitrogens with one attached hydrogen (secondary N) is 1. The summed E-state index contributed by atoms with van der Waals surface area (Å²) in [7, 11) is -3.86. The summed E-state index contributed by atoms with van der Waals surface area (Å²) in [6.07, 6.45) is 0.824. The average Bonchev–Trinajstić information content (AvgIpc) is 2.71. The molecule has 0 unspecified atom stereocenters. The molecule has 3 aromatic rings. The van der Waals surface area contributed by atoms with Gasteiger partial charge >= 0.3 is 5.97 Å². The largest absolute Gasteiger partial charge is 0.452 e. The lowest BCUT2D eigenvalue weighted by atomic mass is 10.1. The Morgan fingerprint density at radius 3 is 2.47 bits per heavy atom. The van der Waals surface area contributed by atoms with E-state index in [0.717, 1.165) is 35.2 Å². The van der Waals surface area contributed by atoms with Crippen molar-refractivity contribution >= 4 is 43.9 Å². The molecule has 0 atom stereocenters. The Bertz CT molecular complexity index is 1260. The lowest BCUT2D eigenvalue weighted by Gasteiger charge is -2.09. The first kappa shape index (κ1) is 20.9. The van der Waals surface area contributed by atoms with Crippen molar-refractivity contribution < 1.29 is 27.7 Å². The number of nitro benzene ring substituents is 1. The highest BCUT2D eigenvalue weighted by molar-refractivity contribution is 7.90. The van der Waals surface area contributed by atoms with E-state index in [1.54, 1.807) is 12.1 Å². The first-order chi connectivity index (χ1) is 14.2. The minimum absolute atomic E-state index is 0.243. The number of carbonyl (C=O) groups is 2. The van der Waals surface area contributed by atoms with Crippen LogP contribution in [0.5, 0.6) is 0 Å². The maximum Gasteiger partial charge on any atom is 0.338 e. The van der Waals surface area contributed by atoms with Crippen LogP contribution in [0.4, 0.5) is 11.4 Å². The number of fused-ring (bicyclic) bond motifs is 1. The van der Waals surface area contributed by atoms with Crippen molar-refractivity contribution in [1.82, 2.24) is 0 Å². The fourth-order valence-electron chi connectivity index (χ4n) is 2.84. The van der Waals surface area contributed by atoms with E-state index in [0.29, 0.717) is 5.69 Å². The van der Waals surface area contributed by atoms with E-state index < -0.39 is 43.8 Å². The molecule has 0 aliphatic carbocycles. The third kappa shape index (κ3) is 4.61. The standard InChI is InChI=1S/C20H16N2O7S/c1-30(27,28)18-10-9-14(11-17(18)22(25)26)20(24)29-12-19(23)21-16-8-4-6-13-5-2-3-7-15(13)16/h2-11H,12H2,1H3,(H,21,23). The van der Waals surface area contributed by atoms with Crippen LogP contribution in [0.15, 0.2) is 65.6 Å². The summed E-state index contributed by atoms with van der Waals surface area (Å²) < 4.78 is 28.2. The number of esters is 1. The number of sulfone groups is 1. The summed E-state index contributed by atoms with van der Waals surface area (Å²) in [5.41, 5.74) is -0.443. The Balaban J connectivity index is 1.71. The predicted molar refractivity (Wildman–Crippen MR) is 109 cm³/mol. The normalized spacial score (nSPS) is 11.1. The molecule has 0 saturated carbocycles. The molecule has 0 spiro atoms. The number of benzene rings is 3. The van der Waals surface area contributed by atoms with Gasteiger partial charge in [0.25, 0.3) is 11.6 Å². The second kappa shape index (κ2) is 8.29. The van der Waals surface area contributed by atoms with Crippen LogP contribution in [0, 0.1) is 10.1 Å². The van der Waals surface area contributed by atoms with Gasteiger partial charge in [0, 0.05) is 23.4 Å². The van der Waals surface area contributed by atoms with Gasteiger partial charge in [-0.1, -0.05) is 36.4 Å². The van der Waals surface area contributed by atoms with Gasteiger partial charge in [-0.3, -0.25) is 14.9 Å². The first-order valence-corrected chi connectivity index (χ1v) is 10.5. The molecule has 3 rings (SSSR count). The van der Waals surface area contributed by atoms with Crippen molar-refractivity contribution in [3.05, 3.63) is 76.3 Å². The fourth-order valence-corrected chi connectivity index (χ4v) is 3.66. The molecule has 0 aliphatic rings. The zero-order valence-corrected chi connectivity index (χ0v) is 16.5. The topological polar surface area (TPSA) is 133 Å². The van der Waals surface area contributed by atoms with E-state index in [4.69, 9.17) is 4.74 Å². The molecule has 154 valence electrons. The van der Waals surface area contributed by atoms with E-state index in [-0.39, 0.29) is 5.56 Å². The molecule has 3 aromatic carbocycles. The van der Waals surface area contributed by atoms with Crippen molar-refractivity contribution in [1.29, 1.82) is 0 Å². The van der Waals surface area contributed by atoms with Crippen LogP contribution in [0.1, 0.15) is 10.4 Å². The van der Waals surface area contributed by atoms with E-state index >= 15 is 0 Å². The number of carbonyl (C=O) groups excluding carboxylic acids is 2. The molecule has 1 amide bonds. The number of anilines is 1. The Kier molecular flexibility index (Phi) is 5.79. The average molecular weight is 428 g/mol. The van der Waals surface area contributed by atoms with Crippen LogP contribution in [0.25, 0.3) is 10.8 Å². The Morgan fingerprint density at radius 1 is 1.07 bits per heavy atom. The number of rotatable bonds is 6. The molecule has 0 heterocycles. The zero-order chi connectivity index (χ0) is 21.9. The van der Waals surface area contributed by atoms with Gasteiger partial charge in [-0.15, -0.1) is 0 Å². The van der Waals surface area contributed by atoms with Gasteiger partial charge in [0.2, 0.25) is 0 Å². The summed E-state index contributed by atoms with van der Waals surface area (Å²) in [6, 6.07) is 15.6. The quantitative estimate of drug-likeness (QED) is 0.362. The lowest BCUT2D eigenvalue weighted by Crippen LogP contribution is -2.21. The number of amides is 1. The van der Waals surface area contributed by atoms with Crippen molar-refractivity contribution in [2.45, 2.75) is 4.90 Å². The van der Waals surface area contributed by atoms with Crippen LogP contribution in [-0.4, -0.2) is 38.1 Å². The molecule has 0 fully saturated rings. The highest BCUT2D eigenvalue weighted by Gasteiger charge is 2.24. The number of ether oxygens (including phenoxy) is 1. The van der Waals surface area contributed by atoms with Crippen LogP contribution < -0.4 is 5.32 Å². The molecule has 1 N–H and O–H groups in total. The molecular formula is C20H16N2O7S. The van der Waals surface area contributed by atoms with E-state index in [1.165, 1.54) is 0 Å². The monoisotopic (exact) mass is 428 g/mol. The molecule has 9 nitrogen and oxygen atoms in total. The Morgan fingerprint density at radius 2 is 1.77 bits per heavy atom. The number of hydrogen-bond donors (Lipinski definition) is 1. The van der Waals surface area contributed by atoms with Gasteiger partial charge in [-0.25, -0.2) is 13.2 Å². The van der Waals surface area contributed by atoms with Gasteiger partial charge in [0.05, 0.1) is 10.5 Å². The molecule has 0 aliphatic heterocycles. The molecule has 30 heavy (non-hydrogen) atoms. The van der Waals surface area contributed by atoms with E-state index in [2.05, 4.69) is 5.32 Å². The SMILES string of the molecule is CS(=O)(=O)c1ccc(C(=O)OCC(=O)Nc2cccc3ccccc23)cc1[N+](=O)[O-].